The normalized spacial score (nSPS) is 10.1. The first-order valence-electron chi connectivity index (χ1n) is 3.74. The van der Waals surface area contributed by atoms with Gasteiger partial charge in [0.2, 0.25) is 0 Å². The summed E-state index contributed by atoms with van der Waals surface area (Å²) in [5.41, 5.74) is 7.24. The van der Waals surface area contributed by atoms with E-state index < -0.39 is 0 Å². The second-order valence-electron chi connectivity index (χ2n) is 2.53. The van der Waals surface area contributed by atoms with Crippen molar-refractivity contribution in [3.05, 3.63) is 35.1 Å². The Morgan fingerprint density at radius 2 is 1.91 bits per heavy atom. The number of hydrogen-bond acceptors (Lipinski definition) is 1. The van der Waals surface area contributed by atoms with Gasteiger partial charge in [0.25, 0.3) is 0 Å². The van der Waals surface area contributed by atoms with Crippen molar-refractivity contribution in [2.75, 3.05) is 0 Å². The fourth-order valence-electron chi connectivity index (χ4n) is 1.04. The topological polar surface area (TPSA) is 26.0 Å². The summed E-state index contributed by atoms with van der Waals surface area (Å²) in [6.07, 6.45) is 0.852. The maximum absolute atomic E-state index is 12.7. The molecule has 1 nitrogen and oxygen atoms in total. The number of hydrogen-bond donors (Lipinski definition) is 1. The van der Waals surface area contributed by atoms with E-state index in [0.29, 0.717) is 6.54 Å². The van der Waals surface area contributed by atoms with Crippen LogP contribution in [0.3, 0.4) is 0 Å². The van der Waals surface area contributed by atoms with Crippen LogP contribution in [0.1, 0.15) is 18.1 Å². The molecule has 0 unspecified atom stereocenters. The van der Waals surface area contributed by atoms with Crippen molar-refractivity contribution in [1.29, 1.82) is 0 Å². The van der Waals surface area contributed by atoms with E-state index in [1.165, 1.54) is 6.07 Å². The highest BCUT2D eigenvalue weighted by Crippen LogP contribution is 2.08. The zero-order valence-electron chi connectivity index (χ0n) is 6.60. The Bertz CT molecular complexity index is 223. The van der Waals surface area contributed by atoms with Crippen LogP contribution >= 0.6 is 0 Å². The van der Waals surface area contributed by atoms with Crippen molar-refractivity contribution in [3.8, 4) is 0 Å². The summed E-state index contributed by atoms with van der Waals surface area (Å²) in [7, 11) is 0. The summed E-state index contributed by atoms with van der Waals surface area (Å²) in [6, 6.07) is 4.95. The lowest BCUT2D eigenvalue weighted by molar-refractivity contribution is 0.623. The van der Waals surface area contributed by atoms with Crippen LogP contribution in [-0.2, 0) is 13.0 Å². The van der Waals surface area contributed by atoms with E-state index in [9.17, 15) is 4.39 Å². The molecule has 0 aliphatic rings. The van der Waals surface area contributed by atoms with Gasteiger partial charge in [-0.1, -0.05) is 13.0 Å². The van der Waals surface area contributed by atoms with Crippen LogP contribution in [0.4, 0.5) is 4.39 Å². The summed E-state index contributed by atoms with van der Waals surface area (Å²) in [6.45, 7) is 2.40. The van der Waals surface area contributed by atoms with E-state index in [-0.39, 0.29) is 5.82 Å². The molecule has 0 fully saturated rings. The molecule has 2 heteroatoms. The Morgan fingerprint density at radius 1 is 1.27 bits per heavy atom. The predicted molar refractivity (Wildman–Crippen MR) is 43.7 cm³/mol. The molecule has 0 saturated carbocycles. The van der Waals surface area contributed by atoms with Crippen molar-refractivity contribution in [2.45, 2.75) is 19.9 Å². The SMILES string of the molecule is CCc1cc(F)cc(CN)c1. The van der Waals surface area contributed by atoms with Gasteiger partial charge < -0.3 is 5.73 Å². The highest BCUT2D eigenvalue weighted by Gasteiger charge is 1.96. The minimum atomic E-state index is -0.190. The fraction of sp³-hybridized carbons (Fsp3) is 0.333. The molecule has 0 aromatic heterocycles. The van der Waals surface area contributed by atoms with Crippen molar-refractivity contribution < 1.29 is 4.39 Å². The molecule has 11 heavy (non-hydrogen) atoms. The molecule has 1 aromatic carbocycles. The minimum Gasteiger partial charge on any atom is -0.326 e. The van der Waals surface area contributed by atoms with Crippen LogP contribution in [0.15, 0.2) is 18.2 Å². The first-order valence-corrected chi connectivity index (χ1v) is 3.74. The predicted octanol–water partition coefficient (Wildman–Crippen LogP) is 1.85. The molecule has 60 valence electrons. The first-order chi connectivity index (χ1) is 5.26. The lowest BCUT2D eigenvalue weighted by atomic mass is 10.1. The van der Waals surface area contributed by atoms with Gasteiger partial charge in [0.1, 0.15) is 5.82 Å². The fourth-order valence-corrected chi connectivity index (χ4v) is 1.04. The molecule has 0 saturated heterocycles. The highest BCUT2D eigenvalue weighted by atomic mass is 19.1. The molecule has 0 aliphatic heterocycles. The van der Waals surface area contributed by atoms with E-state index in [2.05, 4.69) is 0 Å². The second-order valence-corrected chi connectivity index (χ2v) is 2.53. The van der Waals surface area contributed by atoms with Crippen LogP contribution in [0.2, 0.25) is 0 Å². The molecule has 0 heterocycles. The molecule has 1 rings (SSSR count). The number of rotatable bonds is 2. The maximum atomic E-state index is 12.7. The van der Waals surface area contributed by atoms with Crippen LogP contribution in [0.5, 0.6) is 0 Å². The average molecular weight is 153 g/mol. The molecule has 0 amide bonds. The third-order valence-corrected chi connectivity index (χ3v) is 1.66. The van der Waals surface area contributed by atoms with Crippen molar-refractivity contribution >= 4 is 0 Å². The zero-order valence-corrected chi connectivity index (χ0v) is 6.60. The van der Waals surface area contributed by atoms with Gasteiger partial charge in [-0.3, -0.25) is 0 Å². The van der Waals surface area contributed by atoms with Gasteiger partial charge in [-0.25, -0.2) is 4.39 Å². The van der Waals surface area contributed by atoms with E-state index in [1.807, 2.05) is 13.0 Å². The standard InChI is InChI=1S/C9H12FN/c1-2-7-3-8(6-11)5-9(10)4-7/h3-5H,2,6,11H2,1H3. The monoisotopic (exact) mass is 153 g/mol. The summed E-state index contributed by atoms with van der Waals surface area (Å²) in [4.78, 5) is 0. The molecule has 1 aromatic rings. The lowest BCUT2D eigenvalue weighted by Gasteiger charge is -2.00. The van der Waals surface area contributed by atoms with Crippen LogP contribution < -0.4 is 5.73 Å². The molecule has 0 aliphatic carbocycles. The Hall–Kier alpha value is -0.890. The van der Waals surface area contributed by atoms with E-state index in [0.717, 1.165) is 17.5 Å². The maximum Gasteiger partial charge on any atom is 0.123 e. The quantitative estimate of drug-likeness (QED) is 0.689. The molecule has 2 N–H and O–H groups in total. The van der Waals surface area contributed by atoms with Crippen LogP contribution in [0.25, 0.3) is 0 Å². The molecular weight excluding hydrogens is 141 g/mol. The van der Waals surface area contributed by atoms with E-state index >= 15 is 0 Å². The van der Waals surface area contributed by atoms with Crippen molar-refractivity contribution in [2.24, 2.45) is 5.73 Å². The van der Waals surface area contributed by atoms with Crippen LogP contribution in [-0.4, -0.2) is 0 Å². The molecule has 0 bridgehead atoms. The smallest absolute Gasteiger partial charge is 0.123 e. The van der Waals surface area contributed by atoms with E-state index in [4.69, 9.17) is 5.73 Å². The molecule has 0 spiro atoms. The van der Waals surface area contributed by atoms with Gasteiger partial charge >= 0.3 is 0 Å². The Morgan fingerprint density at radius 3 is 2.45 bits per heavy atom. The van der Waals surface area contributed by atoms with Crippen molar-refractivity contribution in [3.63, 3.8) is 0 Å². The molecular formula is C9H12FN. The largest absolute Gasteiger partial charge is 0.326 e. The summed E-state index contributed by atoms with van der Waals surface area (Å²) in [5.74, 6) is -0.190. The first kappa shape index (κ1) is 8.21. The van der Waals surface area contributed by atoms with Gasteiger partial charge in [-0.2, -0.15) is 0 Å². The van der Waals surface area contributed by atoms with Gasteiger partial charge in [-0.05, 0) is 29.7 Å². The summed E-state index contributed by atoms with van der Waals surface area (Å²) < 4.78 is 12.7. The number of nitrogens with two attached hydrogens (primary N) is 1. The number of benzene rings is 1. The van der Waals surface area contributed by atoms with Gasteiger partial charge in [-0.15, -0.1) is 0 Å². The summed E-state index contributed by atoms with van der Waals surface area (Å²) >= 11 is 0. The van der Waals surface area contributed by atoms with Gasteiger partial charge in [0.05, 0.1) is 0 Å². The third kappa shape index (κ3) is 2.02. The molecule has 0 atom stereocenters. The average Bonchev–Trinajstić information content (AvgIpc) is 2.03. The van der Waals surface area contributed by atoms with Crippen LogP contribution in [0, 0.1) is 5.82 Å². The van der Waals surface area contributed by atoms with Crippen molar-refractivity contribution in [1.82, 2.24) is 0 Å². The Balaban J connectivity index is 3.02. The molecule has 0 radical (unpaired) electrons. The Kier molecular flexibility index (Phi) is 2.60. The Labute approximate surface area is 66.0 Å². The minimum absolute atomic E-state index is 0.190. The van der Waals surface area contributed by atoms with Gasteiger partial charge in [0.15, 0.2) is 0 Å². The van der Waals surface area contributed by atoms with E-state index in [1.54, 1.807) is 6.07 Å². The third-order valence-electron chi connectivity index (χ3n) is 1.66. The highest BCUT2D eigenvalue weighted by molar-refractivity contribution is 5.24. The number of halogens is 1. The number of aryl methyl sites for hydroxylation is 1. The summed E-state index contributed by atoms with van der Waals surface area (Å²) in [5, 5.41) is 0. The lowest BCUT2D eigenvalue weighted by Crippen LogP contribution is -1.98. The van der Waals surface area contributed by atoms with Gasteiger partial charge in [0, 0.05) is 6.54 Å². The second kappa shape index (κ2) is 3.49. The zero-order chi connectivity index (χ0) is 8.27.